The summed E-state index contributed by atoms with van der Waals surface area (Å²) in [7, 11) is 0. The van der Waals surface area contributed by atoms with Crippen molar-refractivity contribution in [3.05, 3.63) is 18.2 Å². The van der Waals surface area contributed by atoms with Crippen molar-refractivity contribution in [2.75, 3.05) is 13.1 Å². The first-order chi connectivity index (χ1) is 12.6. The topological polar surface area (TPSA) is 79.5 Å². The lowest BCUT2D eigenvalue weighted by Crippen LogP contribution is -2.54. The van der Waals surface area contributed by atoms with Gasteiger partial charge in [-0.25, -0.2) is 4.98 Å². The van der Waals surface area contributed by atoms with Crippen molar-refractivity contribution < 1.29 is 14.3 Å². The summed E-state index contributed by atoms with van der Waals surface area (Å²) in [6.45, 7) is 6.21. The molecular formula is C20H29N3O3. The van der Waals surface area contributed by atoms with Crippen LogP contribution in [-0.2, 0) is 20.7 Å². The predicted octanol–water partition coefficient (Wildman–Crippen LogP) is 2.07. The second-order valence-corrected chi connectivity index (χ2v) is 9.08. The van der Waals surface area contributed by atoms with Gasteiger partial charge in [-0.05, 0) is 25.2 Å². The maximum atomic E-state index is 12.6. The minimum Gasteiger partial charge on any atom is -0.462 e. The Balaban J connectivity index is 1.27. The van der Waals surface area contributed by atoms with E-state index in [4.69, 9.17) is 9.47 Å². The van der Waals surface area contributed by atoms with Crippen molar-refractivity contribution in [2.45, 2.75) is 63.8 Å². The first-order valence-corrected chi connectivity index (χ1v) is 10.1. The Morgan fingerprint density at radius 3 is 3.15 bits per heavy atom. The molecule has 2 saturated carbocycles. The zero-order chi connectivity index (χ0) is 17.9. The van der Waals surface area contributed by atoms with Crippen LogP contribution in [0.15, 0.2) is 12.5 Å². The molecule has 5 rings (SSSR count). The lowest BCUT2D eigenvalue weighted by atomic mass is 9.53. The van der Waals surface area contributed by atoms with Crippen LogP contribution in [0.4, 0.5) is 0 Å². The van der Waals surface area contributed by atoms with E-state index in [0.717, 1.165) is 25.1 Å². The smallest absolute Gasteiger partial charge is 0.311 e. The summed E-state index contributed by atoms with van der Waals surface area (Å²) in [4.78, 5) is 19.7. The van der Waals surface area contributed by atoms with Gasteiger partial charge in [0.2, 0.25) is 0 Å². The number of esters is 1. The van der Waals surface area contributed by atoms with Crippen LogP contribution < -0.4 is 5.32 Å². The van der Waals surface area contributed by atoms with Crippen molar-refractivity contribution in [1.82, 2.24) is 15.3 Å². The van der Waals surface area contributed by atoms with Crippen molar-refractivity contribution in [1.29, 1.82) is 0 Å². The normalized spacial score (nSPS) is 46.2. The molecule has 2 saturated heterocycles. The summed E-state index contributed by atoms with van der Waals surface area (Å²) in [6, 6.07) is 0. The van der Waals surface area contributed by atoms with Gasteiger partial charge in [0.15, 0.2) is 0 Å². The van der Waals surface area contributed by atoms with Gasteiger partial charge < -0.3 is 19.8 Å². The highest BCUT2D eigenvalue weighted by molar-refractivity contribution is 5.76. The molecule has 2 aliphatic carbocycles. The summed E-state index contributed by atoms with van der Waals surface area (Å²) in [5, 5.41) is 3.45. The monoisotopic (exact) mass is 359 g/mol. The van der Waals surface area contributed by atoms with Crippen LogP contribution in [-0.4, -0.2) is 46.8 Å². The van der Waals surface area contributed by atoms with Crippen LogP contribution in [0.5, 0.6) is 0 Å². The zero-order valence-electron chi connectivity index (χ0n) is 15.7. The van der Waals surface area contributed by atoms with E-state index in [-0.39, 0.29) is 41.0 Å². The summed E-state index contributed by atoms with van der Waals surface area (Å²) < 4.78 is 12.3. The Hall–Kier alpha value is -1.40. The number of ether oxygens (including phenoxy) is 2. The maximum Gasteiger partial charge on any atom is 0.311 e. The molecule has 1 aromatic heterocycles. The number of hydrogen-bond acceptors (Lipinski definition) is 5. The molecule has 3 heterocycles. The number of carbonyl (C=O) groups excluding carboxylic acids is 1. The highest BCUT2D eigenvalue weighted by Crippen LogP contribution is 2.70. The third-order valence-corrected chi connectivity index (χ3v) is 7.68. The molecule has 4 aliphatic rings. The molecule has 6 nitrogen and oxygen atoms in total. The Kier molecular flexibility index (Phi) is 3.73. The van der Waals surface area contributed by atoms with E-state index in [1.807, 2.05) is 6.20 Å². The molecule has 0 amide bonds. The van der Waals surface area contributed by atoms with Gasteiger partial charge in [-0.3, -0.25) is 4.79 Å². The van der Waals surface area contributed by atoms with Gasteiger partial charge in [-0.15, -0.1) is 0 Å². The molecule has 1 aromatic rings. The first-order valence-electron chi connectivity index (χ1n) is 10.1. The fourth-order valence-corrected chi connectivity index (χ4v) is 6.37. The minimum atomic E-state index is -0.0789. The van der Waals surface area contributed by atoms with E-state index >= 15 is 0 Å². The summed E-state index contributed by atoms with van der Waals surface area (Å²) in [5.41, 5.74) is 1.27. The van der Waals surface area contributed by atoms with Crippen LogP contribution in [0, 0.1) is 23.2 Å². The number of hydrogen-bond donors (Lipinski definition) is 2. The molecule has 6 heteroatoms. The van der Waals surface area contributed by atoms with E-state index in [2.05, 4.69) is 29.1 Å². The maximum absolute atomic E-state index is 12.6. The van der Waals surface area contributed by atoms with Crippen LogP contribution in [0.2, 0.25) is 0 Å². The first kappa shape index (κ1) is 16.8. The molecule has 7 atom stereocenters. The summed E-state index contributed by atoms with van der Waals surface area (Å²) >= 11 is 0. The number of carbonyl (C=O) groups is 1. The van der Waals surface area contributed by atoms with Crippen LogP contribution >= 0.6 is 0 Å². The van der Waals surface area contributed by atoms with Crippen molar-refractivity contribution >= 4 is 5.97 Å². The largest absolute Gasteiger partial charge is 0.462 e. The molecule has 142 valence electrons. The van der Waals surface area contributed by atoms with Gasteiger partial charge in [-0.2, -0.15) is 0 Å². The second-order valence-electron chi connectivity index (χ2n) is 9.08. The number of H-pyrrole nitrogens is 1. The van der Waals surface area contributed by atoms with E-state index < -0.39 is 0 Å². The standard InChI is InChI=1S/C20H29N3O3/c1-12-4-3-6-19(2)8-15-16(17-20(12,19)26-17)14(18(24)25-15)10-21-7-5-13-9-22-11-23-13/h9,11-12,14-17,21H,3-8,10H2,1-2H3,(H,22,23). The Morgan fingerprint density at radius 1 is 1.46 bits per heavy atom. The number of aromatic amines is 1. The van der Waals surface area contributed by atoms with Crippen molar-refractivity contribution in [3.8, 4) is 0 Å². The molecule has 0 bridgehead atoms. The lowest BCUT2D eigenvalue weighted by Gasteiger charge is -2.48. The van der Waals surface area contributed by atoms with Gasteiger partial charge >= 0.3 is 5.97 Å². The van der Waals surface area contributed by atoms with E-state index in [1.165, 1.54) is 19.3 Å². The highest BCUT2D eigenvalue weighted by Gasteiger charge is 2.78. The van der Waals surface area contributed by atoms with Crippen LogP contribution in [0.25, 0.3) is 0 Å². The quantitative estimate of drug-likeness (QED) is 0.478. The van der Waals surface area contributed by atoms with E-state index in [0.29, 0.717) is 12.5 Å². The third-order valence-electron chi connectivity index (χ3n) is 7.68. The highest BCUT2D eigenvalue weighted by atomic mass is 16.6. The SMILES string of the molecule is CC1CCCC2(C)CC3OC(=O)C(CNCCc4cnc[nH]4)C3C3OC132. The molecule has 26 heavy (non-hydrogen) atoms. The number of rotatable bonds is 5. The summed E-state index contributed by atoms with van der Waals surface area (Å²) in [5.74, 6) is 0.687. The van der Waals surface area contributed by atoms with Gasteiger partial charge in [0.1, 0.15) is 11.7 Å². The molecule has 7 unspecified atom stereocenters. The van der Waals surface area contributed by atoms with Crippen molar-refractivity contribution in [3.63, 3.8) is 0 Å². The number of nitrogens with zero attached hydrogens (tertiary/aromatic N) is 1. The minimum absolute atomic E-state index is 0.00539. The van der Waals surface area contributed by atoms with E-state index in [1.54, 1.807) is 6.33 Å². The second kappa shape index (κ2) is 5.80. The average molecular weight is 359 g/mol. The fourth-order valence-electron chi connectivity index (χ4n) is 6.37. The number of aromatic nitrogens is 2. The number of epoxide rings is 1. The number of fused-ring (bicyclic) bond motifs is 2. The Bertz CT molecular complexity index is 692. The molecule has 2 aliphatic heterocycles. The summed E-state index contributed by atoms with van der Waals surface area (Å²) in [6.07, 6.45) is 9.33. The zero-order valence-corrected chi connectivity index (χ0v) is 15.7. The van der Waals surface area contributed by atoms with Gasteiger partial charge in [0.25, 0.3) is 0 Å². The molecular weight excluding hydrogens is 330 g/mol. The molecule has 0 aromatic carbocycles. The fraction of sp³-hybridized carbons (Fsp3) is 0.800. The van der Waals surface area contributed by atoms with Gasteiger partial charge in [0, 0.05) is 42.7 Å². The average Bonchev–Trinajstić information content (AvgIpc) is 3.00. The van der Waals surface area contributed by atoms with Crippen molar-refractivity contribution in [2.24, 2.45) is 23.2 Å². The van der Waals surface area contributed by atoms with E-state index in [9.17, 15) is 4.79 Å². The number of imidazole rings is 1. The van der Waals surface area contributed by atoms with Gasteiger partial charge in [0.05, 0.1) is 18.3 Å². The Morgan fingerprint density at radius 2 is 2.35 bits per heavy atom. The molecule has 2 N–H and O–H groups in total. The number of nitrogens with one attached hydrogen (secondary N) is 2. The Labute approximate surface area is 154 Å². The lowest BCUT2D eigenvalue weighted by molar-refractivity contribution is -0.146. The molecule has 1 spiro atoms. The van der Waals surface area contributed by atoms with Gasteiger partial charge in [-0.1, -0.05) is 20.3 Å². The van der Waals surface area contributed by atoms with Crippen LogP contribution in [0.1, 0.15) is 45.2 Å². The third kappa shape index (κ3) is 2.24. The molecule has 4 fully saturated rings. The molecule has 0 radical (unpaired) electrons. The predicted molar refractivity (Wildman–Crippen MR) is 95.4 cm³/mol. The van der Waals surface area contributed by atoms with Crippen LogP contribution in [0.3, 0.4) is 0 Å².